The summed E-state index contributed by atoms with van der Waals surface area (Å²) in [6, 6.07) is 9.01. The highest BCUT2D eigenvalue weighted by Crippen LogP contribution is 2.35. The molecule has 1 saturated heterocycles. The lowest BCUT2D eigenvalue weighted by molar-refractivity contribution is -0.137. The molecule has 0 unspecified atom stereocenters. The zero-order valence-corrected chi connectivity index (χ0v) is 20.1. The van der Waals surface area contributed by atoms with E-state index in [2.05, 4.69) is 25.8 Å². The van der Waals surface area contributed by atoms with Crippen molar-refractivity contribution in [2.24, 2.45) is 0 Å². The maximum atomic E-state index is 14.7. The number of benzene rings is 2. The predicted molar refractivity (Wildman–Crippen MR) is 134 cm³/mol. The fourth-order valence-electron chi connectivity index (χ4n) is 3.99. The van der Waals surface area contributed by atoms with Crippen molar-refractivity contribution in [2.45, 2.75) is 12.6 Å². The molecule has 5 rings (SSSR count). The molecule has 39 heavy (non-hydrogen) atoms. The van der Waals surface area contributed by atoms with Gasteiger partial charge in [0.1, 0.15) is 5.75 Å². The molecule has 3 heterocycles. The molecule has 2 aromatic heterocycles. The van der Waals surface area contributed by atoms with Crippen LogP contribution in [-0.4, -0.2) is 40.1 Å². The number of pyridine rings is 1. The lowest BCUT2D eigenvalue weighted by Gasteiger charge is -2.20. The van der Waals surface area contributed by atoms with Gasteiger partial charge in [-0.2, -0.15) is 18.3 Å². The Morgan fingerprint density at radius 1 is 1.05 bits per heavy atom. The number of ether oxygens (including phenoxy) is 1. The van der Waals surface area contributed by atoms with Crippen molar-refractivity contribution in [3.8, 4) is 22.8 Å². The number of nitrogens with one attached hydrogen (secondary N) is 3. The van der Waals surface area contributed by atoms with Gasteiger partial charge in [-0.1, -0.05) is 0 Å². The second-order valence-electron chi connectivity index (χ2n) is 8.67. The molecule has 200 valence electrons. The number of carbonyl (C=O) groups is 2. The number of carbonyl (C=O) groups excluding carboxylic acids is 2. The summed E-state index contributed by atoms with van der Waals surface area (Å²) in [4.78, 5) is 29.8. The van der Waals surface area contributed by atoms with Crippen LogP contribution in [0.15, 0.2) is 67.1 Å². The number of rotatable bonds is 6. The smallest absolute Gasteiger partial charge is 0.416 e. The van der Waals surface area contributed by atoms with E-state index in [9.17, 15) is 27.2 Å². The highest BCUT2D eigenvalue weighted by molar-refractivity contribution is 6.00. The van der Waals surface area contributed by atoms with Gasteiger partial charge in [0.2, 0.25) is 0 Å². The van der Waals surface area contributed by atoms with Gasteiger partial charge in [0, 0.05) is 60.1 Å². The van der Waals surface area contributed by atoms with Crippen molar-refractivity contribution in [1.82, 2.24) is 15.2 Å². The van der Waals surface area contributed by atoms with E-state index in [0.717, 1.165) is 18.2 Å². The number of amides is 2. The van der Waals surface area contributed by atoms with E-state index < -0.39 is 23.6 Å². The van der Waals surface area contributed by atoms with Gasteiger partial charge in [0.25, 0.3) is 0 Å². The summed E-state index contributed by atoms with van der Waals surface area (Å²) in [5, 5.41) is 11.3. The Labute approximate surface area is 218 Å². The summed E-state index contributed by atoms with van der Waals surface area (Å²) in [5.74, 6) is -0.669. The van der Waals surface area contributed by atoms with E-state index >= 15 is 0 Å². The van der Waals surface area contributed by atoms with Crippen LogP contribution in [0.1, 0.15) is 12.0 Å². The number of anilines is 3. The molecule has 0 spiro atoms. The van der Waals surface area contributed by atoms with E-state index in [1.165, 1.54) is 29.3 Å². The molecule has 4 aromatic rings. The number of hydrogen-bond donors (Lipinski definition) is 3. The lowest BCUT2D eigenvalue weighted by atomic mass is 10.1. The Morgan fingerprint density at radius 3 is 2.56 bits per heavy atom. The number of hydrogen-bond acceptors (Lipinski definition) is 6. The first kappa shape index (κ1) is 25.7. The number of halogens is 4. The molecule has 0 atom stereocenters. The monoisotopic (exact) mass is 540 g/mol. The average molecular weight is 540 g/mol. The number of ketones is 1. The van der Waals surface area contributed by atoms with Gasteiger partial charge in [0.05, 0.1) is 24.0 Å². The number of aromatic nitrogens is 3. The van der Waals surface area contributed by atoms with Crippen molar-refractivity contribution in [2.75, 3.05) is 28.6 Å². The first-order chi connectivity index (χ1) is 18.6. The minimum atomic E-state index is -4.67. The molecule has 0 aliphatic carbocycles. The lowest BCUT2D eigenvalue weighted by Crippen LogP contribution is -2.22. The SMILES string of the molecule is O=C1CCN(c2cc(NC(=O)Nc3ccc(Oc4ccnc(-c5cn[nH]c5)c4)c(F)c3)cc(C(F)(F)F)c2)C1. The van der Waals surface area contributed by atoms with Crippen molar-refractivity contribution >= 4 is 28.9 Å². The first-order valence-corrected chi connectivity index (χ1v) is 11.6. The Hall–Kier alpha value is -4.94. The predicted octanol–water partition coefficient (Wildman–Crippen LogP) is 5.85. The fourth-order valence-corrected chi connectivity index (χ4v) is 3.99. The van der Waals surface area contributed by atoms with E-state index in [1.807, 2.05) is 0 Å². The van der Waals surface area contributed by atoms with Crippen molar-refractivity contribution in [1.29, 1.82) is 0 Å². The van der Waals surface area contributed by atoms with E-state index in [1.54, 1.807) is 24.5 Å². The molecule has 0 saturated carbocycles. The average Bonchev–Trinajstić information content (AvgIpc) is 3.57. The van der Waals surface area contributed by atoms with Crippen LogP contribution in [0.2, 0.25) is 0 Å². The van der Waals surface area contributed by atoms with Crippen molar-refractivity contribution < 1.29 is 31.9 Å². The van der Waals surface area contributed by atoms with Gasteiger partial charge in [-0.25, -0.2) is 9.18 Å². The van der Waals surface area contributed by atoms with Gasteiger partial charge in [0.15, 0.2) is 17.3 Å². The maximum Gasteiger partial charge on any atom is 0.416 e. The molecular formula is C26H20F4N6O3. The number of urea groups is 1. The largest absolute Gasteiger partial charge is 0.454 e. The summed E-state index contributed by atoms with van der Waals surface area (Å²) in [7, 11) is 0. The zero-order valence-electron chi connectivity index (χ0n) is 20.1. The van der Waals surface area contributed by atoms with Gasteiger partial charge >= 0.3 is 12.2 Å². The summed E-state index contributed by atoms with van der Waals surface area (Å²) < 4.78 is 60.7. The Balaban J connectivity index is 1.28. The van der Waals surface area contributed by atoms with Crippen LogP contribution >= 0.6 is 0 Å². The third-order valence-electron chi connectivity index (χ3n) is 5.84. The summed E-state index contributed by atoms with van der Waals surface area (Å²) >= 11 is 0. The number of aromatic amines is 1. The molecule has 0 bridgehead atoms. The molecule has 3 N–H and O–H groups in total. The van der Waals surface area contributed by atoms with Crippen LogP contribution in [0, 0.1) is 5.82 Å². The summed E-state index contributed by atoms with van der Waals surface area (Å²) in [5.41, 5.74) is 0.366. The maximum absolute atomic E-state index is 14.7. The van der Waals surface area contributed by atoms with E-state index in [-0.39, 0.29) is 48.1 Å². The molecule has 1 aliphatic rings. The molecule has 13 heteroatoms. The molecule has 1 fully saturated rings. The quantitative estimate of drug-likeness (QED) is 0.265. The van der Waals surface area contributed by atoms with Crippen LogP contribution in [0.4, 0.5) is 39.4 Å². The summed E-state index contributed by atoms with van der Waals surface area (Å²) in [6.45, 7) is 0.272. The summed E-state index contributed by atoms with van der Waals surface area (Å²) in [6.07, 6.45) is 0.283. The Bertz CT molecular complexity index is 1520. The molecular weight excluding hydrogens is 520 g/mol. The highest BCUT2D eigenvalue weighted by atomic mass is 19.4. The number of nitrogens with zero attached hydrogens (tertiary/aromatic N) is 3. The normalized spacial score (nSPS) is 13.4. The first-order valence-electron chi connectivity index (χ1n) is 11.6. The topological polar surface area (TPSA) is 112 Å². The van der Waals surface area contributed by atoms with Gasteiger partial charge < -0.3 is 20.3 Å². The van der Waals surface area contributed by atoms with Crippen LogP contribution in [0.5, 0.6) is 11.5 Å². The van der Waals surface area contributed by atoms with E-state index in [0.29, 0.717) is 17.0 Å². The fraction of sp³-hybridized carbons (Fsp3) is 0.154. The van der Waals surface area contributed by atoms with Crippen molar-refractivity contribution in [3.63, 3.8) is 0 Å². The van der Waals surface area contributed by atoms with Crippen LogP contribution < -0.4 is 20.3 Å². The van der Waals surface area contributed by atoms with E-state index in [4.69, 9.17) is 4.74 Å². The molecule has 1 aliphatic heterocycles. The molecule has 9 nitrogen and oxygen atoms in total. The second-order valence-corrected chi connectivity index (χ2v) is 8.67. The molecule has 2 aromatic carbocycles. The van der Waals surface area contributed by atoms with Crippen LogP contribution in [0.3, 0.4) is 0 Å². The van der Waals surface area contributed by atoms with Gasteiger partial charge in [-0.3, -0.25) is 14.9 Å². The van der Waals surface area contributed by atoms with Crippen LogP contribution in [-0.2, 0) is 11.0 Å². The standard InChI is InChI=1S/C26H20F4N6O3/c27-22-10-17(1-2-24(22)39-21-3-5-31-23(11-21)15-12-32-33-13-15)34-25(38)35-18-7-16(26(28,29)30)8-19(9-18)36-6-4-20(37)14-36/h1-3,5,7-13H,4,6,14H2,(H,32,33)(H2,34,35,38). The van der Waals surface area contributed by atoms with Gasteiger partial charge in [-0.15, -0.1) is 0 Å². The van der Waals surface area contributed by atoms with Crippen LogP contribution in [0.25, 0.3) is 11.3 Å². The Morgan fingerprint density at radius 2 is 1.87 bits per heavy atom. The van der Waals surface area contributed by atoms with Gasteiger partial charge in [-0.05, 0) is 36.4 Å². The third-order valence-corrected chi connectivity index (χ3v) is 5.84. The number of Topliss-reactive ketones (excluding diaryl/α,β-unsaturated/α-hetero) is 1. The second kappa shape index (κ2) is 10.4. The molecule has 2 amide bonds. The third kappa shape index (κ3) is 6.14. The highest BCUT2D eigenvalue weighted by Gasteiger charge is 2.32. The minimum Gasteiger partial charge on any atom is -0.454 e. The number of H-pyrrole nitrogens is 1. The molecule has 0 radical (unpaired) electrons. The minimum absolute atomic E-state index is 0.00915. The Kier molecular flexibility index (Phi) is 6.88. The zero-order chi connectivity index (χ0) is 27.6. The van der Waals surface area contributed by atoms with Crippen molar-refractivity contribution in [3.05, 3.63) is 78.5 Å². The number of alkyl halides is 3.